The minimum atomic E-state index is -0.223. The molecule has 2 aromatic rings. The van der Waals surface area contributed by atoms with E-state index in [4.69, 9.17) is 5.73 Å². The third kappa shape index (κ3) is 3.65. The van der Waals surface area contributed by atoms with Crippen LogP contribution in [0.3, 0.4) is 0 Å². The van der Waals surface area contributed by atoms with E-state index in [1.54, 1.807) is 6.07 Å². The van der Waals surface area contributed by atoms with Crippen LogP contribution in [0.4, 0.5) is 4.39 Å². The van der Waals surface area contributed by atoms with Gasteiger partial charge in [0, 0.05) is 15.0 Å². The molecule has 19 heavy (non-hydrogen) atoms. The summed E-state index contributed by atoms with van der Waals surface area (Å²) in [5.41, 5.74) is 8.99. The largest absolute Gasteiger partial charge is 0.324 e. The average Bonchev–Trinajstić information content (AvgIpc) is 2.32. The second-order valence-electron chi connectivity index (χ2n) is 4.55. The molecule has 2 rings (SSSR count). The highest BCUT2D eigenvalue weighted by Gasteiger charge is 2.12. The Balaban J connectivity index is 2.23. The van der Waals surface area contributed by atoms with Crippen LogP contribution >= 0.6 is 31.9 Å². The summed E-state index contributed by atoms with van der Waals surface area (Å²) in [6, 6.07) is 10.8. The summed E-state index contributed by atoms with van der Waals surface area (Å²) in [5, 5.41) is 0. The molecule has 0 aliphatic carbocycles. The van der Waals surface area contributed by atoms with E-state index >= 15 is 0 Å². The Labute approximate surface area is 129 Å². The molecule has 0 bridgehead atoms. The van der Waals surface area contributed by atoms with Crippen LogP contribution in [0.1, 0.15) is 22.7 Å². The number of rotatable bonds is 3. The van der Waals surface area contributed by atoms with Gasteiger partial charge in [0.15, 0.2) is 0 Å². The smallest absolute Gasteiger partial charge is 0.127 e. The number of hydrogen-bond donors (Lipinski definition) is 1. The first kappa shape index (κ1) is 14.7. The van der Waals surface area contributed by atoms with E-state index in [1.165, 1.54) is 6.07 Å². The van der Waals surface area contributed by atoms with E-state index in [0.717, 1.165) is 20.1 Å². The van der Waals surface area contributed by atoms with Crippen LogP contribution in [0.15, 0.2) is 45.3 Å². The molecule has 0 radical (unpaired) electrons. The highest BCUT2D eigenvalue weighted by atomic mass is 79.9. The summed E-state index contributed by atoms with van der Waals surface area (Å²) in [6.07, 6.45) is 0.488. The van der Waals surface area contributed by atoms with Crippen LogP contribution in [0.5, 0.6) is 0 Å². The lowest BCUT2D eigenvalue weighted by Gasteiger charge is -2.15. The number of benzene rings is 2. The fourth-order valence-corrected chi connectivity index (χ4v) is 2.90. The lowest BCUT2D eigenvalue weighted by molar-refractivity contribution is 0.592. The van der Waals surface area contributed by atoms with E-state index in [9.17, 15) is 4.39 Å². The minimum Gasteiger partial charge on any atom is -0.324 e. The van der Waals surface area contributed by atoms with Gasteiger partial charge in [-0.1, -0.05) is 44.0 Å². The van der Waals surface area contributed by atoms with E-state index in [1.807, 2.05) is 31.2 Å². The summed E-state index contributed by atoms with van der Waals surface area (Å²) >= 11 is 6.68. The molecule has 1 atom stereocenters. The number of nitrogens with two attached hydrogens (primary N) is 1. The van der Waals surface area contributed by atoms with Crippen molar-refractivity contribution >= 4 is 31.9 Å². The highest BCUT2D eigenvalue weighted by Crippen LogP contribution is 2.24. The summed E-state index contributed by atoms with van der Waals surface area (Å²) in [5.74, 6) is -0.223. The van der Waals surface area contributed by atoms with Gasteiger partial charge in [-0.05, 0) is 54.3 Å². The van der Waals surface area contributed by atoms with Crippen molar-refractivity contribution in [3.05, 3.63) is 67.9 Å². The Hall–Kier alpha value is -0.710. The topological polar surface area (TPSA) is 26.0 Å². The SMILES string of the molecule is Cc1cc(Br)ccc1C(N)Cc1ccc(Br)cc1F. The van der Waals surface area contributed by atoms with Gasteiger partial charge < -0.3 is 5.73 Å². The molecule has 0 spiro atoms. The van der Waals surface area contributed by atoms with Gasteiger partial charge in [0.1, 0.15) is 5.82 Å². The highest BCUT2D eigenvalue weighted by molar-refractivity contribution is 9.10. The normalized spacial score (nSPS) is 12.5. The molecule has 2 N–H and O–H groups in total. The molecule has 0 aliphatic heterocycles. The molecule has 1 unspecified atom stereocenters. The summed E-state index contributed by atoms with van der Waals surface area (Å²) in [6.45, 7) is 2.01. The molecule has 100 valence electrons. The van der Waals surface area contributed by atoms with Gasteiger partial charge in [-0.3, -0.25) is 0 Å². The Morgan fingerprint density at radius 2 is 1.74 bits per heavy atom. The van der Waals surface area contributed by atoms with Gasteiger partial charge in [-0.25, -0.2) is 4.39 Å². The van der Waals surface area contributed by atoms with Crippen LogP contribution in [-0.2, 0) is 6.42 Å². The zero-order valence-electron chi connectivity index (χ0n) is 10.5. The Kier molecular flexibility index (Phi) is 4.76. The first-order chi connectivity index (χ1) is 8.97. The number of halogens is 3. The molecule has 2 aromatic carbocycles. The lowest BCUT2D eigenvalue weighted by Crippen LogP contribution is -2.15. The molecule has 0 saturated heterocycles. The van der Waals surface area contributed by atoms with Crippen LogP contribution in [-0.4, -0.2) is 0 Å². The Morgan fingerprint density at radius 1 is 1.11 bits per heavy atom. The van der Waals surface area contributed by atoms with E-state index in [-0.39, 0.29) is 11.9 Å². The lowest BCUT2D eigenvalue weighted by atomic mass is 9.96. The molecular weight excluding hydrogens is 373 g/mol. The number of aryl methyl sites for hydroxylation is 1. The predicted molar refractivity (Wildman–Crippen MR) is 83.6 cm³/mol. The zero-order valence-corrected chi connectivity index (χ0v) is 13.6. The minimum absolute atomic E-state index is 0.205. The van der Waals surface area contributed by atoms with Gasteiger partial charge in [0.05, 0.1) is 0 Å². The van der Waals surface area contributed by atoms with E-state index in [0.29, 0.717) is 12.0 Å². The monoisotopic (exact) mass is 385 g/mol. The van der Waals surface area contributed by atoms with Crippen LogP contribution in [0, 0.1) is 12.7 Å². The second-order valence-corrected chi connectivity index (χ2v) is 6.38. The zero-order chi connectivity index (χ0) is 14.0. The molecular formula is C15H14Br2FN. The molecule has 0 heterocycles. The van der Waals surface area contributed by atoms with Gasteiger partial charge in [-0.15, -0.1) is 0 Å². The van der Waals surface area contributed by atoms with Crippen molar-refractivity contribution in [3.63, 3.8) is 0 Å². The van der Waals surface area contributed by atoms with Gasteiger partial charge in [0.25, 0.3) is 0 Å². The predicted octanol–water partition coefficient (Wildman–Crippen LogP) is 4.90. The molecule has 0 aromatic heterocycles. The van der Waals surface area contributed by atoms with Crippen molar-refractivity contribution in [1.82, 2.24) is 0 Å². The maximum atomic E-state index is 13.8. The second kappa shape index (κ2) is 6.16. The Bertz CT molecular complexity index is 599. The third-order valence-corrected chi connectivity index (χ3v) is 4.07. The van der Waals surface area contributed by atoms with Crippen molar-refractivity contribution in [2.24, 2.45) is 5.73 Å². The van der Waals surface area contributed by atoms with Crippen molar-refractivity contribution in [2.45, 2.75) is 19.4 Å². The van der Waals surface area contributed by atoms with E-state index in [2.05, 4.69) is 31.9 Å². The molecule has 0 aliphatic rings. The van der Waals surface area contributed by atoms with Crippen LogP contribution in [0.25, 0.3) is 0 Å². The van der Waals surface area contributed by atoms with Gasteiger partial charge >= 0.3 is 0 Å². The standard InChI is InChI=1S/C15H14Br2FN/c1-9-6-11(16)4-5-13(9)15(19)7-10-2-3-12(17)8-14(10)18/h2-6,8,15H,7,19H2,1H3. The first-order valence-electron chi connectivity index (χ1n) is 5.93. The summed E-state index contributed by atoms with van der Waals surface area (Å²) in [4.78, 5) is 0. The fourth-order valence-electron chi connectivity index (χ4n) is 2.09. The molecule has 0 fully saturated rings. The van der Waals surface area contributed by atoms with E-state index < -0.39 is 0 Å². The quantitative estimate of drug-likeness (QED) is 0.797. The third-order valence-electron chi connectivity index (χ3n) is 3.09. The molecule has 1 nitrogen and oxygen atoms in total. The Morgan fingerprint density at radius 3 is 2.37 bits per heavy atom. The van der Waals surface area contributed by atoms with Gasteiger partial charge in [0.2, 0.25) is 0 Å². The van der Waals surface area contributed by atoms with Crippen LogP contribution in [0.2, 0.25) is 0 Å². The molecule has 0 saturated carbocycles. The maximum absolute atomic E-state index is 13.8. The van der Waals surface area contributed by atoms with Crippen molar-refractivity contribution in [1.29, 1.82) is 0 Å². The summed E-state index contributed by atoms with van der Waals surface area (Å²) < 4.78 is 15.6. The van der Waals surface area contributed by atoms with Crippen LogP contribution < -0.4 is 5.73 Å². The fraction of sp³-hybridized carbons (Fsp3) is 0.200. The number of hydrogen-bond acceptors (Lipinski definition) is 1. The van der Waals surface area contributed by atoms with Gasteiger partial charge in [-0.2, -0.15) is 0 Å². The molecule has 4 heteroatoms. The maximum Gasteiger partial charge on any atom is 0.127 e. The first-order valence-corrected chi connectivity index (χ1v) is 7.51. The summed E-state index contributed by atoms with van der Waals surface area (Å²) in [7, 11) is 0. The van der Waals surface area contributed by atoms with Crippen molar-refractivity contribution < 1.29 is 4.39 Å². The van der Waals surface area contributed by atoms with Crippen molar-refractivity contribution in [3.8, 4) is 0 Å². The average molecular weight is 387 g/mol. The van der Waals surface area contributed by atoms with Crippen molar-refractivity contribution in [2.75, 3.05) is 0 Å². The molecule has 0 amide bonds.